The lowest BCUT2D eigenvalue weighted by atomic mass is 10.2. The number of aliphatic carboxylic acids is 1. The fraction of sp³-hybridized carbons (Fsp3) is 0.333. The largest absolute Gasteiger partial charge is 0.478 e. The summed E-state index contributed by atoms with van der Waals surface area (Å²) < 4.78 is 18.8. The van der Waals surface area contributed by atoms with E-state index in [-0.39, 0.29) is 12.2 Å². The smallest absolute Gasteiger partial charge is 0.341 e. The van der Waals surface area contributed by atoms with E-state index < -0.39 is 23.8 Å². The van der Waals surface area contributed by atoms with Crippen LogP contribution < -0.4 is 4.74 Å². The van der Waals surface area contributed by atoms with Gasteiger partial charge in [0.1, 0.15) is 0 Å². The highest BCUT2D eigenvalue weighted by Crippen LogP contribution is 2.27. The summed E-state index contributed by atoms with van der Waals surface area (Å²) in [6.07, 6.45) is 4.27. The van der Waals surface area contributed by atoms with E-state index in [1.165, 1.54) is 18.2 Å². The summed E-state index contributed by atoms with van der Waals surface area (Å²) in [5.41, 5.74) is 0.352. The highest BCUT2D eigenvalue weighted by atomic mass is 35.8. The van der Waals surface area contributed by atoms with Crippen LogP contribution in [-0.4, -0.2) is 23.0 Å². The van der Waals surface area contributed by atoms with Crippen LogP contribution in [0.25, 0.3) is 6.08 Å². The number of esters is 1. The summed E-state index contributed by atoms with van der Waals surface area (Å²) >= 11 is 17.3. The van der Waals surface area contributed by atoms with Gasteiger partial charge in [-0.2, -0.15) is 0 Å². The van der Waals surface area contributed by atoms with E-state index in [4.69, 9.17) is 43.1 Å². The predicted molar refractivity (Wildman–Crippen MR) is 95.3 cm³/mol. The average molecular weight is 414 g/mol. The van der Waals surface area contributed by atoms with Crippen LogP contribution >= 0.6 is 33.2 Å². The Morgan fingerprint density at radius 1 is 1.21 bits per heavy atom. The number of carboxylic acids is 1. The molecule has 0 aliphatic carbocycles. The van der Waals surface area contributed by atoms with Crippen LogP contribution in [0.5, 0.6) is 5.75 Å². The Morgan fingerprint density at radius 3 is 2.50 bits per heavy atom. The Labute approximate surface area is 154 Å². The molecule has 0 fully saturated rings. The minimum atomic E-state index is -2.61. The number of hydrogen-bond acceptors (Lipinski definition) is 3. The van der Waals surface area contributed by atoms with Crippen LogP contribution in [0.3, 0.4) is 0 Å². The first-order valence-electron chi connectivity index (χ1n) is 7.15. The molecule has 0 spiro atoms. The molecule has 1 rings (SSSR count). The Kier molecular flexibility index (Phi) is 8.76. The number of carbonyl (C=O) groups is 2. The zero-order valence-electron chi connectivity index (χ0n) is 12.6. The standard InChI is InChI=1S/C15H16Cl3FO4Si/c16-24(17,18)9-3-1-2-4-15(22)23-13-7-5-11(10-12(13)19)6-8-14(20)21/h5-8,10H,1-4,9H2,(H,20,21). The van der Waals surface area contributed by atoms with Crippen molar-refractivity contribution in [1.82, 2.24) is 0 Å². The van der Waals surface area contributed by atoms with Gasteiger partial charge in [-0.15, -0.1) is 33.2 Å². The molecule has 0 saturated heterocycles. The number of hydrogen-bond donors (Lipinski definition) is 1. The molecule has 9 heteroatoms. The molecule has 0 amide bonds. The molecule has 0 aliphatic heterocycles. The van der Waals surface area contributed by atoms with Crippen LogP contribution in [0.15, 0.2) is 24.3 Å². The van der Waals surface area contributed by atoms with Crippen molar-refractivity contribution in [2.75, 3.05) is 0 Å². The van der Waals surface area contributed by atoms with Gasteiger partial charge in [0.2, 0.25) is 0 Å². The topological polar surface area (TPSA) is 63.6 Å². The summed E-state index contributed by atoms with van der Waals surface area (Å²) in [4.78, 5) is 22.1. The summed E-state index contributed by atoms with van der Waals surface area (Å²) in [6, 6.07) is 1.75. The van der Waals surface area contributed by atoms with Gasteiger partial charge < -0.3 is 9.84 Å². The molecule has 0 heterocycles. The lowest BCUT2D eigenvalue weighted by Crippen LogP contribution is -2.10. The molecule has 4 nitrogen and oxygen atoms in total. The monoisotopic (exact) mass is 412 g/mol. The predicted octanol–water partition coefficient (Wildman–Crippen LogP) is 5.04. The Morgan fingerprint density at radius 2 is 1.92 bits per heavy atom. The molecule has 0 radical (unpaired) electrons. The third-order valence-electron chi connectivity index (χ3n) is 2.94. The molecule has 24 heavy (non-hydrogen) atoms. The van der Waals surface area contributed by atoms with Gasteiger partial charge in [0.05, 0.1) is 0 Å². The van der Waals surface area contributed by atoms with Gasteiger partial charge >= 0.3 is 17.9 Å². The number of rotatable bonds is 9. The normalized spacial score (nSPS) is 11.7. The van der Waals surface area contributed by atoms with E-state index in [9.17, 15) is 14.0 Å². The maximum Gasteiger partial charge on any atom is 0.341 e. The van der Waals surface area contributed by atoms with E-state index in [0.29, 0.717) is 18.0 Å². The summed E-state index contributed by atoms with van der Waals surface area (Å²) in [5, 5.41) is 8.51. The first-order valence-corrected chi connectivity index (χ1v) is 12.4. The van der Waals surface area contributed by atoms with Gasteiger partial charge in [0.15, 0.2) is 11.6 Å². The maximum atomic E-state index is 13.8. The van der Waals surface area contributed by atoms with Crippen LogP contribution in [0.4, 0.5) is 4.39 Å². The molecule has 0 atom stereocenters. The molecule has 1 N–H and O–H groups in total. The molecule has 0 saturated carbocycles. The fourth-order valence-electron chi connectivity index (χ4n) is 1.82. The Bertz CT molecular complexity index is 617. The fourth-order valence-corrected chi connectivity index (χ4v) is 3.67. The van der Waals surface area contributed by atoms with Gasteiger partial charge in [-0.05, 0) is 36.2 Å². The summed E-state index contributed by atoms with van der Waals surface area (Å²) in [6.45, 7) is 0. The summed E-state index contributed by atoms with van der Waals surface area (Å²) in [7, 11) is 0. The van der Waals surface area contributed by atoms with Gasteiger partial charge in [-0.25, -0.2) is 9.18 Å². The van der Waals surface area contributed by atoms with E-state index in [1.54, 1.807) is 0 Å². The van der Waals surface area contributed by atoms with Gasteiger partial charge in [-0.3, -0.25) is 4.79 Å². The lowest BCUT2D eigenvalue weighted by Gasteiger charge is -2.08. The van der Waals surface area contributed by atoms with Crippen LogP contribution in [0, 0.1) is 5.82 Å². The minimum absolute atomic E-state index is 0.140. The van der Waals surface area contributed by atoms with Gasteiger partial charge in [-0.1, -0.05) is 18.9 Å². The van der Waals surface area contributed by atoms with Gasteiger partial charge in [0.25, 0.3) is 0 Å². The van der Waals surface area contributed by atoms with Crippen molar-refractivity contribution in [3.63, 3.8) is 0 Å². The second-order valence-corrected chi connectivity index (χ2v) is 14.3. The molecule has 1 aromatic rings. The third kappa shape index (κ3) is 9.27. The van der Waals surface area contributed by atoms with E-state index in [2.05, 4.69) is 0 Å². The number of benzene rings is 1. The van der Waals surface area contributed by atoms with Crippen molar-refractivity contribution in [1.29, 1.82) is 0 Å². The van der Waals surface area contributed by atoms with Crippen LogP contribution in [0.2, 0.25) is 6.04 Å². The third-order valence-corrected chi connectivity index (χ3v) is 5.56. The van der Waals surface area contributed by atoms with E-state index >= 15 is 0 Å². The van der Waals surface area contributed by atoms with E-state index in [1.807, 2.05) is 0 Å². The zero-order chi connectivity index (χ0) is 18.2. The SMILES string of the molecule is O=C(O)C=Cc1ccc(OC(=O)CCCCC[Si](Cl)(Cl)Cl)c(F)c1. The minimum Gasteiger partial charge on any atom is -0.478 e. The lowest BCUT2D eigenvalue weighted by molar-refractivity contribution is -0.135. The number of carbonyl (C=O) groups excluding carboxylic acids is 1. The van der Waals surface area contributed by atoms with Crippen LogP contribution in [-0.2, 0) is 9.59 Å². The van der Waals surface area contributed by atoms with Crippen molar-refractivity contribution in [3.8, 4) is 5.75 Å². The first-order chi connectivity index (χ1) is 11.2. The highest BCUT2D eigenvalue weighted by Gasteiger charge is 2.23. The number of ether oxygens (including phenoxy) is 1. The zero-order valence-corrected chi connectivity index (χ0v) is 15.9. The highest BCUT2D eigenvalue weighted by molar-refractivity contribution is 7.64. The number of carboxylic acid groups (broad SMARTS) is 1. The first kappa shape index (κ1) is 21.0. The molecular formula is C15H16Cl3FO4Si. The molecule has 0 unspecified atom stereocenters. The number of unbranched alkanes of at least 4 members (excludes halogenated alkanes) is 2. The Balaban J connectivity index is 2.43. The molecule has 0 bridgehead atoms. The second kappa shape index (κ2) is 10.0. The quantitative estimate of drug-likeness (QED) is 0.154. The van der Waals surface area contributed by atoms with Crippen molar-refractivity contribution in [3.05, 3.63) is 35.7 Å². The Hall–Kier alpha value is -1.08. The molecule has 132 valence electrons. The van der Waals surface area contributed by atoms with Crippen LogP contribution in [0.1, 0.15) is 31.2 Å². The molecule has 0 aromatic heterocycles. The molecule has 0 aliphatic rings. The van der Waals surface area contributed by atoms with Gasteiger partial charge in [0, 0.05) is 12.5 Å². The van der Waals surface area contributed by atoms with E-state index in [0.717, 1.165) is 25.0 Å². The van der Waals surface area contributed by atoms with Crippen molar-refractivity contribution in [2.24, 2.45) is 0 Å². The second-order valence-electron chi connectivity index (χ2n) is 5.01. The maximum absolute atomic E-state index is 13.8. The molecule has 1 aromatic carbocycles. The molecular weight excluding hydrogens is 398 g/mol. The average Bonchev–Trinajstić information content (AvgIpc) is 2.46. The van der Waals surface area contributed by atoms with Crippen molar-refractivity contribution in [2.45, 2.75) is 31.7 Å². The van der Waals surface area contributed by atoms with Crippen molar-refractivity contribution < 1.29 is 23.8 Å². The summed E-state index contributed by atoms with van der Waals surface area (Å²) in [5.74, 6) is -2.61. The van der Waals surface area contributed by atoms with Crippen molar-refractivity contribution >= 4 is 57.3 Å². The number of halogens is 4.